The molecule has 116 valence electrons. The number of amides is 2. The molecule has 2 fully saturated rings. The zero-order chi connectivity index (χ0) is 15.4. The van der Waals surface area contributed by atoms with E-state index in [1.807, 2.05) is 18.7 Å². The fraction of sp³-hybridized carbons (Fsp3) is 0.667. The second-order valence-corrected chi connectivity index (χ2v) is 6.11. The summed E-state index contributed by atoms with van der Waals surface area (Å²) >= 11 is 1.19. The molecule has 2 amide bonds. The van der Waals surface area contributed by atoms with E-state index in [1.165, 1.54) is 11.8 Å². The maximum absolute atomic E-state index is 12.1. The van der Waals surface area contributed by atoms with Gasteiger partial charge in [0.1, 0.15) is 11.3 Å². The van der Waals surface area contributed by atoms with Gasteiger partial charge in [-0.1, -0.05) is 11.8 Å². The van der Waals surface area contributed by atoms with E-state index in [0.29, 0.717) is 31.5 Å². The predicted octanol–water partition coefficient (Wildman–Crippen LogP) is -0.844. The van der Waals surface area contributed by atoms with E-state index in [9.17, 15) is 9.59 Å². The Balaban J connectivity index is 2.13. The Hall–Kier alpha value is -1.45. The summed E-state index contributed by atoms with van der Waals surface area (Å²) in [6.45, 7) is 5.84. The number of primary amides is 1. The first-order valence-electron chi connectivity index (χ1n) is 6.66. The van der Waals surface area contributed by atoms with Crippen molar-refractivity contribution in [2.45, 2.75) is 25.1 Å². The highest BCUT2D eigenvalue weighted by atomic mass is 32.2. The highest BCUT2D eigenvalue weighted by molar-refractivity contribution is 8.15. The van der Waals surface area contributed by atoms with Crippen molar-refractivity contribution in [1.82, 2.24) is 10.2 Å². The van der Waals surface area contributed by atoms with Crippen LogP contribution < -0.4 is 11.1 Å². The molecule has 0 aromatic carbocycles. The molecular weight excluding hydrogens is 294 g/mol. The Bertz CT molecular complexity index is 483. The van der Waals surface area contributed by atoms with Gasteiger partial charge in [0.15, 0.2) is 5.17 Å². The van der Waals surface area contributed by atoms with Crippen molar-refractivity contribution in [1.29, 1.82) is 0 Å². The number of hydrogen-bond acceptors (Lipinski definition) is 7. The number of carbonyl (C=O) groups excluding carboxylic acids is 2. The van der Waals surface area contributed by atoms with Crippen LogP contribution in [0.15, 0.2) is 10.2 Å². The lowest BCUT2D eigenvalue weighted by Gasteiger charge is -2.34. The number of nitrogens with zero attached hydrogens (tertiary/aromatic N) is 3. The highest BCUT2D eigenvalue weighted by Gasteiger charge is 2.43. The van der Waals surface area contributed by atoms with Crippen LogP contribution in [-0.2, 0) is 14.3 Å². The number of nitrogens with one attached hydrogen (secondary N) is 1. The highest BCUT2D eigenvalue weighted by Crippen LogP contribution is 2.26. The van der Waals surface area contributed by atoms with Crippen molar-refractivity contribution < 1.29 is 14.3 Å². The number of ether oxygens (including phenoxy) is 1. The fourth-order valence-corrected chi connectivity index (χ4v) is 3.25. The van der Waals surface area contributed by atoms with Gasteiger partial charge < -0.3 is 15.8 Å². The van der Waals surface area contributed by atoms with Gasteiger partial charge in [-0.05, 0) is 13.8 Å². The van der Waals surface area contributed by atoms with Crippen LogP contribution in [0.4, 0.5) is 0 Å². The number of carbonyl (C=O) groups is 2. The third-order valence-electron chi connectivity index (χ3n) is 3.09. The molecule has 0 spiro atoms. The summed E-state index contributed by atoms with van der Waals surface area (Å²) in [6, 6.07) is -0.668. The minimum absolute atomic E-state index is 0.266. The summed E-state index contributed by atoms with van der Waals surface area (Å²) in [7, 11) is 0. The molecule has 0 bridgehead atoms. The van der Waals surface area contributed by atoms with Crippen molar-refractivity contribution >= 4 is 34.5 Å². The SMILES string of the molecule is CC(C)=NN=C1NC(=O)C(C(C(N)=O)N2CCOCC2)S1. The first-order valence-corrected chi connectivity index (χ1v) is 7.54. The molecule has 3 N–H and O–H groups in total. The molecule has 2 unspecified atom stereocenters. The van der Waals surface area contributed by atoms with Gasteiger partial charge in [-0.2, -0.15) is 5.10 Å². The Kier molecular flexibility index (Phi) is 5.32. The number of amidine groups is 1. The van der Waals surface area contributed by atoms with E-state index < -0.39 is 17.2 Å². The molecule has 21 heavy (non-hydrogen) atoms. The molecule has 2 aliphatic rings. The van der Waals surface area contributed by atoms with Gasteiger partial charge in [0.2, 0.25) is 11.8 Å². The van der Waals surface area contributed by atoms with Crippen LogP contribution in [0, 0.1) is 0 Å². The lowest BCUT2D eigenvalue weighted by molar-refractivity contribution is -0.129. The van der Waals surface area contributed by atoms with E-state index in [0.717, 1.165) is 5.71 Å². The minimum atomic E-state index is -0.668. The van der Waals surface area contributed by atoms with Gasteiger partial charge in [0.05, 0.1) is 13.2 Å². The molecule has 2 rings (SSSR count). The number of rotatable bonds is 4. The molecule has 0 aromatic heterocycles. The summed E-state index contributed by atoms with van der Waals surface area (Å²) in [5.74, 6) is -0.779. The van der Waals surface area contributed by atoms with Crippen LogP contribution >= 0.6 is 11.8 Å². The Morgan fingerprint density at radius 3 is 2.71 bits per heavy atom. The molecule has 2 heterocycles. The van der Waals surface area contributed by atoms with Crippen molar-refractivity contribution in [2.24, 2.45) is 15.9 Å². The van der Waals surface area contributed by atoms with Crippen LogP contribution in [0.1, 0.15) is 13.8 Å². The average Bonchev–Trinajstić information content (AvgIpc) is 2.79. The third kappa shape index (κ3) is 4.02. The molecular formula is C12H19N5O3S. The third-order valence-corrected chi connectivity index (χ3v) is 4.22. The maximum Gasteiger partial charge on any atom is 0.241 e. The van der Waals surface area contributed by atoms with Gasteiger partial charge in [-0.15, -0.1) is 5.10 Å². The average molecular weight is 313 g/mol. The summed E-state index contributed by atoms with van der Waals surface area (Å²) in [5.41, 5.74) is 6.27. The Morgan fingerprint density at radius 2 is 2.14 bits per heavy atom. The van der Waals surface area contributed by atoms with E-state index in [-0.39, 0.29) is 5.91 Å². The zero-order valence-electron chi connectivity index (χ0n) is 12.0. The molecule has 0 radical (unpaired) electrons. The summed E-state index contributed by atoms with van der Waals surface area (Å²) in [6.07, 6.45) is 0. The maximum atomic E-state index is 12.1. The van der Waals surface area contributed by atoms with Crippen LogP contribution in [0.2, 0.25) is 0 Å². The van der Waals surface area contributed by atoms with Crippen molar-refractivity contribution in [3.8, 4) is 0 Å². The van der Waals surface area contributed by atoms with Gasteiger partial charge in [-0.3, -0.25) is 14.5 Å². The number of nitrogens with two attached hydrogens (primary N) is 1. The van der Waals surface area contributed by atoms with E-state index in [4.69, 9.17) is 10.5 Å². The van der Waals surface area contributed by atoms with Crippen molar-refractivity contribution in [3.05, 3.63) is 0 Å². The molecule has 2 atom stereocenters. The molecule has 2 aliphatic heterocycles. The van der Waals surface area contributed by atoms with Crippen molar-refractivity contribution in [3.63, 3.8) is 0 Å². The molecule has 0 aliphatic carbocycles. The predicted molar refractivity (Wildman–Crippen MR) is 81.1 cm³/mol. The van der Waals surface area contributed by atoms with Gasteiger partial charge in [0.25, 0.3) is 0 Å². The largest absolute Gasteiger partial charge is 0.379 e. The Morgan fingerprint density at radius 1 is 1.48 bits per heavy atom. The first-order chi connectivity index (χ1) is 9.99. The second-order valence-electron chi connectivity index (χ2n) is 4.98. The lowest BCUT2D eigenvalue weighted by atomic mass is 10.1. The van der Waals surface area contributed by atoms with Gasteiger partial charge >= 0.3 is 0 Å². The smallest absolute Gasteiger partial charge is 0.241 e. The second kappa shape index (κ2) is 7.01. The van der Waals surface area contributed by atoms with Crippen molar-refractivity contribution in [2.75, 3.05) is 26.3 Å². The number of thioether (sulfide) groups is 1. The minimum Gasteiger partial charge on any atom is -0.379 e. The van der Waals surface area contributed by atoms with E-state index in [2.05, 4.69) is 15.5 Å². The monoisotopic (exact) mass is 313 g/mol. The fourth-order valence-electron chi connectivity index (χ4n) is 2.16. The topological polar surface area (TPSA) is 109 Å². The van der Waals surface area contributed by atoms with E-state index >= 15 is 0 Å². The first kappa shape index (κ1) is 15.9. The Labute approximate surface area is 127 Å². The molecule has 2 saturated heterocycles. The zero-order valence-corrected chi connectivity index (χ0v) is 12.9. The lowest BCUT2D eigenvalue weighted by Crippen LogP contribution is -2.56. The van der Waals surface area contributed by atoms with Crippen LogP contribution in [-0.4, -0.2) is 65.2 Å². The molecule has 0 saturated carbocycles. The van der Waals surface area contributed by atoms with Gasteiger partial charge in [-0.25, -0.2) is 0 Å². The summed E-state index contributed by atoms with van der Waals surface area (Å²) in [5, 5.41) is 10.3. The summed E-state index contributed by atoms with van der Waals surface area (Å²) < 4.78 is 5.26. The van der Waals surface area contributed by atoms with Crippen LogP contribution in [0.3, 0.4) is 0 Å². The number of hydrogen-bond donors (Lipinski definition) is 2. The van der Waals surface area contributed by atoms with E-state index in [1.54, 1.807) is 0 Å². The van der Waals surface area contributed by atoms with Crippen LogP contribution in [0.25, 0.3) is 0 Å². The number of morpholine rings is 1. The van der Waals surface area contributed by atoms with Gasteiger partial charge in [0, 0.05) is 18.8 Å². The van der Waals surface area contributed by atoms with Crippen LogP contribution in [0.5, 0.6) is 0 Å². The molecule has 0 aromatic rings. The molecule has 8 nitrogen and oxygen atoms in total. The normalized spacial score (nSPS) is 26.5. The molecule has 9 heteroatoms. The quantitative estimate of drug-likeness (QED) is 0.519. The summed E-state index contributed by atoms with van der Waals surface area (Å²) in [4.78, 5) is 25.8. The standard InChI is InChI=1S/C12H19N5O3S/c1-7(2)15-16-12-14-11(19)9(21-12)8(10(13)18)17-3-5-20-6-4-17/h8-9H,3-6H2,1-2H3,(H2,13,18)(H,14,16,19).